The topological polar surface area (TPSA) is 57.9 Å². The molecule has 0 aliphatic rings. The van der Waals surface area contributed by atoms with Crippen molar-refractivity contribution in [1.29, 1.82) is 0 Å². The molecule has 4 aromatic rings. The predicted octanol–water partition coefficient (Wildman–Crippen LogP) is 4.65. The van der Waals surface area contributed by atoms with Gasteiger partial charge in [-0.2, -0.15) is 0 Å². The Morgan fingerprint density at radius 3 is 2.83 bits per heavy atom. The van der Waals surface area contributed by atoms with E-state index in [2.05, 4.69) is 23.0 Å². The lowest BCUT2D eigenvalue weighted by Gasteiger charge is -2.07. The van der Waals surface area contributed by atoms with Crippen LogP contribution in [0.15, 0.2) is 41.3 Å². The summed E-state index contributed by atoms with van der Waals surface area (Å²) in [6.07, 6.45) is 3.92. The van der Waals surface area contributed by atoms with Crippen molar-refractivity contribution in [2.75, 3.05) is 6.61 Å². The second-order valence-corrected chi connectivity index (χ2v) is 6.25. The summed E-state index contributed by atoms with van der Waals surface area (Å²) in [4.78, 5) is 18.6. The lowest BCUT2D eigenvalue weighted by atomic mass is 10.0. The van der Waals surface area contributed by atoms with Crippen molar-refractivity contribution in [2.45, 2.75) is 26.7 Å². The van der Waals surface area contributed by atoms with Gasteiger partial charge in [0.15, 0.2) is 0 Å². The summed E-state index contributed by atoms with van der Waals surface area (Å²) in [5.74, 6) is 0.875. The van der Waals surface area contributed by atoms with Gasteiger partial charge in [0.2, 0.25) is 0 Å². The van der Waals surface area contributed by atoms with Gasteiger partial charge in [0.25, 0.3) is 5.56 Å². The Kier molecular flexibility index (Phi) is 3.53. The van der Waals surface area contributed by atoms with Crippen molar-refractivity contribution in [3.05, 3.63) is 52.4 Å². The summed E-state index contributed by atoms with van der Waals surface area (Å²) >= 11 is 0. The quantitative estimate of drug-likeness (QED) is 0.538. The van der Waals surface area contributed by atoms with Gasteiger partial charge in [0.05, 0.1) is 17.5 Å². The number of benzene rings is 2. The van der Waals surface area contributed by atoms with Gasteiger partial charge in [-0.25, -0.2) is 0 Å². The highest BCUT2D eigenvalue weighted by Crippen LogP contribution is 2.33. The smallest absolute Gasteiger partial charge is 0.258 e. The van der Waals surface area contributed by atoms with Crippen molar-refractivity contribution >= 4 is 32.6 Å². The van der Waals surface area contributed by atoms with Crippen LogP contribution in [-0.2, 0) is 0 Å². The van der Waals surface area contributed by atoms with E-state index in [1.54, 1.807) is 6.20 Å². The molecule has 122 valence electrons. The molecule has 0 atom stereocenters. The average Bonchev–Trinajstić information content (AvgIpc) is 2.99. The Balaban J connectivity index is 1.96. The van der Waals surface area contributed by atoms with Crippen LogP contribution in [-0.4, -0.2) is 16.6 Å². The summed E-state index contributed by atoms with van der Waals surface area (Å²) < 4.78 is 5.80. The minimum Gasteiger partial charge on any atom is -0.494 e. The number of aryl methyl sites for hydroxylation is 1. The number of hydrogen-bond donors (Lipinski definition) is 2. The van der Waals surface area contributed by atoms with Crippen LogP contribution in [0.5, 0.6) is 5.75 Å². The number of unbranched alkanes of at least 4 members (excludes halogenated alkanes) is 1. The zero-order valence-electron chi connectivity index (χ0n) is 13.9. The number of aromatic nitrogens is 2. The molecule has 4 nitrogen and oxygen atoms in total. The maximum atomic E-state index is 12.4. The molecule has 2 N–H and O–H groups in total. The molecule has 0 saturated heterocycles. The second-order valence-electron chi connectivity index (χ2n) is 6.25. The first-order valence-electron chi connectivity index (χ1n) is 8.38. The number of hydrogen-bond acceptors (Lipinski definition) is 2. The van der Waals surface area contributed by atoms with Crippen LogP contribution in [0.2, 0.25) is 0 Å². The average molecular weight is 320 g/mol. The zero-order chi connectivity index (χ0) is 16.7. The number of nitrogens with one attached hydrogen (secondary N) is 2. The molecule has 0 aliphatic carbocycles. The van der Waals surface area contributed by atoms with Crippen LogP contribution >= 0.6 is 0 Å². The van der Waals surface area contributed by atoms with Crippen molar-refractivity contribution in [2.24, 2.45) is 0 Å². The zero-order valence-corrected chi connectivity index (χ0v) is 13.9. The standard InChI is InChI=1S/C20H20N2O2/c1-3-4-9-24-14-6-7-15-13(10-14)5-8-16-17(15)18-19(22-16)12(2)11-21-20(18)23/h5-8,10-11,22H,3-4,9H2,1-2H3,(H,21,23). The molecule has 0 unspecified atom stereocenters. The van der Waals surface area contributed by atoms with Gasteiger partial charge in [-0.1, -0.05) is 19.4 Å². The second kappa shape index (κ2) is 5.71. The largest absolute Gasteiger partial charge is 0.494 e. The van der Waals surface area contributed by atoms with Crippen molar-refractivity contribution < 1.29 is 4.74 Å². The molecule has 0 spiro atoms. The van der Waals surface area contributed by atoms with E-state index in [1.165, 1.54) is 0 Å². The van der Waals surface area contributed by atoms with Gasteiger partial charge in [-0.15, -0.1) is 0 Å². The Hall–Kier alpha value is -2.75. The molecule has 0 aliphatic heterocycles. The van der Waals surface area contributed by atoms with Crippen LogP contribution in [0.4, 0.5) is 0 Å². The molecule has 0 bridgehead atoms. The first-order chi connectivity index (χ1) is 11.7. The maximum absolute atomic E-state index is 12.4. The molecule has 2 aromatic heterocycles. The molecule has 0 amide bonds. The van der Waals surface area contributed by atoms with Crippen LogP contribution in [0.1, 0.15) is 25.3 Å². The van der Waals surface area contributed by atoms with Crippen LogP contribution < -0.4 is 10.3 Å². The first-order valence-corrected chi connectivity index (χ1v) is 8.38. The number of H-pyrrole nitrogens is 2. The van der Waals surface area contributed by atoms with E-state index in [0.717, 1.165) is 63.3 Å². The summed E-state index contributed by atoms with van der Waals surface area (Å²) in [5.41, 5.74) is 2.87. The molecule has 0 saturated carbocycles. The van der Waals surface area contributed by atoms with Crippen LogP contribution in [0.25, 0.3) is 32.6 Å². The minimum absolute atomic E-state index is 0.0578. The Labute approximate surface area is 139 Å². The molecule has 0 fully saturated rings. The van der Waals surface area contributed by atoms with E-state index in [-0.39, 0.29) is 5.56 Å². The van der Waals surface area contributed by atoms with E-state index in [9.17, 15) is 4.79 Å². The fraction of sp³-hybridized carbons (Fsp3) is 0.250. The summed E-state index contributed by atoms with van der Waals surface area (Å²) in [5, 5.41) is 3.86. The summed E-state index contributed by atoms with van der Waals surface area (Å²) in [7, 11) is 0. The van der Waals surface area contributed by atoms with Crippen molar-refractivity contribution in [3.63, 3.8) is 0 Å². The third-order valence-electron chi connectivity index (χ3n) is 4.56. The highest BCUT2D eigenvalue weighted by Gasteiger charge is 2.13. The molecular weight excluding hydrogens is 300 g/mol. The van der Waals surface area contributed by atoms with Gasteiger partial charge in [0.1, 0.15) is 5.75 Å². The number of aromatic amines is 2. The molecule has 0 radical (unpaired) electrons. The van der Waals surface area contributed by atoms with Gasteiger partial charge < -0.3 is 14.7 Å². The van der Waals surface area contributed by atoms with Gasteiger partial charge in [-0.05, 0) is 53.9 Å². The molecular formula is C20H20N2O2. The third-order valence-corrected chi connectivity index (χ3v) is 4.56. The number of ether oxygens (including phenoxy) is 1. The van der Waals surface area contributed by atoms with Gasteiger partial charge >= 0.3 is 0 Å². The SMILES string of the molecule is CCCCOc1ccc2c(ccc3[nH]c4c(C)c[nH]c(=O)c4c32)c1. The van der Waals surface area contributed by atoms with E-state index >= 15 is 0 Å². The van der Waals surface area contributed by atoms with Crippen molar-refractivity contribution in [3.8, 4) is 5.75 Å². The first kappa shape index (κ1) is 14.8. The highest BCUT2D eigenvalue weighted by molar-refractivity contribution is 6.20. The molecule has 24 heavy (non-hydrogen) atoms. The lowest BCUT2D eigenvalue weighted by Crippen LogP contribution is -2.05. The molecule has 4 heteroatoms. The fourth-order valence-electron chi connectivity index (χ4n) is 3.27. The van der Waals surface area contributed by atoms with Crippen molar-refractivity contribution in [1.82, 2.24) is 9.97 Å². The van der Waals surface area contributed by atoms with E-state index in [4.69, 9.17) is 4.74 Å². The summed E-state index contributed by atoms with van der Waals surface area (Å²) in [6, 6.07) is 10.2. The number of pyridine rings is 1. The lowest BCUT2D eigenvalue weighted by molar-refractivity contribution is 0.310. The fourth-order valence-corrected chi connectivity index (χ4v) is 3.27. The van der Waals surface area contributed by atoms with Crippen LogP contribution in [0, 0.1) is 6.92 Å². The normalized spacial score (nSPS) is 11.6. The third kappa shape index (κ3) is 2.26. The molecule has 2 aromatic carbocycles. The van der Waals surface area contributed by atoms with Gasteiger partial charge in [-0.3, -0.25) is 4.79 Å². The Morgan fingerprint density at radius 2 is 2.00 bits per heavy atom. The Bertz CT molecular complexity index is 1110. The monoisotopic (exact) mass is 320 g/mol. The van der Waals surface area contributed by atoms with Crippen LogP contribution in [0.3, 0.4) is 0 Å². The van der Waals surface area contributed by atoms with E-state index in [0.29, 0.717) is 0 Å². The minimum atomic E-state index is -0.0578. The molecule has 4 rings (SSSR count). The molecule has 2 heterocycles. The van der Waals surface area contributed by atoms with E-state index < -0.39 is 0 Å². The van der Waals surface area contributed by atoms with E-state index in [1.807, 2.05) is 31.2 Å². The predicted molar refractivity (Wildman–Crippen MR) is 99.1 cm³/mol. The number of fused-ring (bicyclic) bond motifs is 5. The Morgan fingerprint density at radius 1 is 1.12 bits per heavy atom. The highest BCUT2D eigenvalue weighted by atomic mass is 16.5. The van der Waals surface area contributed by atoms with Gasteiger partial charge in [0, 0.05) is 17.1 Å². The maximum Gasteiger partial charge on any atom is 0.258 e. The summed E-state index contributed by atoms with van der Waals surface area (Å²) in [6.45, 7) is 4.88. The number of rotatable bonds is 4.